The summed E-state index contributed by atoms with van der Waals surface area (Å²) in [5.41, 5.74) is 0.638. The number of fused-ring (bicyclic) bond motifs is 1. The summed E-state index contributed by atoms with van der Waals surface area (Å²) in [6, 6.07) is 19.5. The van der Waals surface area contributed by atoms with Gasteiger partial charge in [0.1, 0.15) is 17.1 Å². The molecule has 0 bridgehead atoms. The molecule has 150 valence electrons. The van der Waals surface area contributed by atoms with Gasteiger partial charge in [-0.15, -0.1) is 5.10 Å². The van der Waals surface area contributed by atoms with E-state index in [0.717, 1.165) is 4.68 Å². The highest BCUT2D eigenvalue weighted by molar-refractivity contribution is 5.92. The average molecular weight is 404 g/mol. The standard InChI is InChI=1S/C22H17FN4O3/c23-15-6-5-7-16(14-15)30-20-11-4-3-10-19(20)24-21(28)12-13-27-22(29)17-8-1-2-9-18(17)25-26-27/h1-11,14H,12-13H2,(H,24,28). The number of aryl methyl sites for hydroxylation is 1. The summed E-state index contributed by atoms with van der Waals surface area (Å²) in [5.74, 6) is -0.0584. The third-order valence-corrected chi connectivity index (χ3v) is 4.37. The van der Waals surface area contributed by atoms with Crippen molar-refractivity contribution in [2.45, 2.75) is 13.0 Å². The highest BCUT2D eigenvalue weighted by atomic mass is 19.1. The van der Waals surface area contributed by atoms with Crippen molar-refractivity contribution in [2.75, 3.05) is 5.32 Å². The number of hydrogen-bond acceptors (Lipinski definition) is 5. The number of para-hydroxylation sites is 2. The van der Waals surface area contributed by atoms with E-state index in [1.165, 1.54) is 18.2 Å². The molecule has 1 aromatic heterocycles. The summed E-state index contributed by atoms with van der Waals surface area (Å²) >= 11 is 0. The van der Waals surface area contributed by atoms with Crippen LogP contribution in [0.1, 0.15) is 6.42 Å². The number of carbonyl (C=O) groups is 1. The maximum atomic E-state index is 13.4. The van der Waals surface area contributed by atoms with Crippen molar-refractivity contribution in [3.63, 3.8) is 0 Å². The first-order chi connectivity index (χ1) is 14.6. The van der Waals surface area contributed by atoms with Crippen LogP contribution in [0.3, 0.4) is 0 Å². The highest BCUT2D eigenvalue weighted by Crippen LogP contribution is 2.29. The van der Waals surface area contributed by atoms with Crippen molar-refractivity contribution in [1.29, 1.82) is 0 Å². The smallest absolute Gasteiger partial charge is 0.277 e. The molecule has 0 fully saturated rings. The van der Waals surface area contributed by atoms with Gasteiger partial charge in [-0.25, -0.2) is 9.07 Å². The SMILES string of the molecule is O=C(CCn1nnc2ccccc2c1=O)Nc1ccccc1Oc1cccc(F)c1. The van der Waals surface area contributed by atoms with E-state index in [1.807, 2.05) is 0 Å². The number of benzene rings is 3. The first kappa shape index (κ1) is 19.3. The first-order valence-corrected chi connectivity index (χ1v) is 9.25. The van der Waals surface area contributed by atoms with E-state index in [0.29, 0.717) is 28.1 Å². The summed E-state index contributed by atoms with van der Waals surface area (Å²) in [7, 11) is 0. The second-order valence-electron chi connectivity index (χ2n) is 6.49. The van der Waals surface area contributed by atoms with Crippen molar-refractivity contribution >= 4 is 22.5 Å². The molecular formula is C22H17FN4O3. The lowest BCUT2D eigenvalue weighted by molar-refractivity contribution is -0.116. The van der Waals surface area contributed by atoms with Crippen LogP contribution in [0.25, 0.3) is 10.9 Å². The zero-order valence-electron chi connectivity index (χ0n) is 15.8. The number of nitrogens with zero attached hydrogens (tertiary/aromatic N) is 3. The molecule has 0 aliphatic heterocycles. The zero-order chi connectivity index (χ0) is 20.9. The Morgan fingerprint density at radius 3 is 2.70 bits per heavy atom. The highest BCUT2D eigenvalue weighted by Gasteiger charge is 2.11. The molecule has 1 N–H and O–H groups in total. The molecule has 30 heavy (non-hydrogen) atoms. The molecule has 0 unspecified atom stereocenters. The first-order valence-electron chi connectivity index (χ1n) is 9.25. The van der Waals surface area contributed by atoms with E-state index in [-0.39, 0.29) is 24.4 Å². The Morgan fingerprint density at radius 1 is 1.03 bits per heavy atom. The maximum Gasteiger partial charge on any atom is 0.277 e. The van der Waals surface area contributed by atoms with Crippen molar-refractivity contribution in [3.05, 3.63) is 89.0 Å². The van der Waals surface area contributed by atoms with E-state index in [1.54, 1.807) is 54.6 Å². The van der Waals surface area contributed by atoms with Crippen LogP contribution in [-0.4, -0.2) is 20.9 Å². The van der Waals surface area contributed by atoms with Crippen molar-refractivity contribution in [3.8, 4) is 11.5 Å². The van der Waals surface area contributed by atoms with Crippen LogP contribution in [0.5, 0.6) is 11.5 Å². The fourth-order valence-electron chi connectivity index (χ4n) is 2.91. The van der Waals surface area contributed by atoms with Gasteiger partial charge in [0.25, 0.3) is 5.56 Å². The van der Waals surface area contributed by atoms with Gasteiger partial charge in [0.05, 0.1) is 17.6 Å². The zero-order valence-corrected chi connectivity index (χ0v) is 15.8. The van der Waals surface area contributed by atoms with E-state index >= 15 is 0 Å². The molecule has 0 spiro atoms. The Labute approximate surface area is 170 Å². The molecular weight excluding hydrogens is 387 g/mol. The predicted molar refractivity (Wildman–Crippen MR) is 110 cm³/mol. The molecule has 0 radical (unpaired) electrons. The topological polar surface area (TPSA) is 86.1 Å². The predicted octanol–water partition coefficient (Wildman–Crippen LogP) is 3.75. The lowest BCUT2D eigenvalue weighted by Crippen LogP contribution is -2.26. The summed E-state index contributed by atoms with van der Waals surface area (Å²) in [5, 5.41) is 11.1. The normalized spacial score (nSPS) is 10.7. The van der Waals surface area contributed by atoms with Crippen LogP contribution >= 0.6 is 0 Å². The van der Waals surface area contributed by atoms with Crippen molar-refractivity contribution < 1.29 is 13.9 Å². The van der Waals surface area contributed by atoms with Gasteiger partial charge in [0.2, 0.25) is 5.91 Å². The number of ether oxygens (including phenoxy) is 1. The molecule has 1 amide bonds. The second kappa shape index (κ2) is 8.52. The molecule has 1 heterocycles. The molecule has 4 rings (SSSR count). The van der Waals surface area contributed by atoms with Crippen LogP contribution in [0.2, 0.25) is 0 Å². The number of carbonyl (C=O) groups excluding carboxylic acids is 1. The Hall–Kier alpha value is -4.07. The summed E-state index contributed by atoms with van der Waals surface area (Å²) in [4.78, 5) is 24.9. The van der Waals surface area contributed by atoms with Crippen LogP contribution in [0.15, 0.2) is 77.6 Å². The molecule has 0 saturated carbocycles. The Kier molecular flexibility index (Phi) is 5.47. The molecule has 0 aliphatic carbocycles. The van der Waals surface area contributed by atoms with Crippen LogP contribution in [-0.2, 0) is 11.3 Å². The Bertz CT molecular complexity index is 1270. The minimum absolute atomic E-state index is 0.0151. The van der Waals surface area contributed by atoms with Gasteiger partial charge in [-0.3, -0.25) is 9.59 Å². The van der Waals surface area contributed by atoms with Crippen molar-refractivity contribution in [2.24, 2.45) is 0 Å². The van der Waals surface area contributed by atoms with Crippen LogP contribution < -0.4 is 15.6 Å². The Morgan fingerprint density at radius 2 is 1.83 bits per heavy atom. The number of nitrogens with one attached hydrogen (secondary N) is 1. The van der Waals surface area contributed by atoms with Gasteiger partial charge >= 0.3 is 0 Å². The fourth-order valence-corrected chi connectivity index (χ4v) is 2.91. The van der Waals surface area contributed by atoms with Gasteiger partial charge in [0, 0.05) is 12.5 Å². The lowest BCUT2D eigenvalue weighted by atomic mass is 10.2. The fraction of sp³-hybridized carbons (Fsp3) is 0.0909. The number of hydrogen-bond donors (Lipinski definition) is 1. The Balaban J connectivity index is 1.45. The third kappa shape index (κ3) is 4.33. The monoisotopic (exact) mass is 404 g/mol. The number of halogens is 1. The lowest BCUT2D eigenvalue weighted by Gasteiger charge is -2.12. The number of anilines is 1. The van der Waals surface area contributed by atoms with Gasteiger partial charge in [0.15, 0.2) is 5.75 Å². The molecule has 7 nitrogen and oxygen atoms in total. The quantitative estimate of drug-likeness (QED) is 0.529. The van der Waals surface area contributed by atoms with Crippen LogP contribution in [0, 0.1) is 5.82 Å². The average Bonchev–Trinajstić information content (AvgIpc) is 2.75. The van der Waals surface area contributed by atoms with E-state index < -0.39 is 5.82 Å². The minimum Gasteiger partial charge on any atom is -0.455 e. The van der Waals surface area contributed by atoms with Crippen molar-refractivity contribution in [1.82, 2.24) is 15.0 Å². The number of aromatic nitrogens is 3. The number of amides is 1. The van der Waals surface area contributed by atoms with E-state index in [4.69, 9.17) is 4.74 Å². The van der Waals surface area contributed by atoms with Gasteiger partial charge in [-0.1, -0.05) is 35.5 Å². The van der Waals surface area contributed by atoms with Crippen LogP contribution in [0.4, 0.5) is 10.1 Å². The van der Waals surface area contributed by atoms with Gasteiger partial charge in [-0.05, 0) is 36.4 Å². The third-order valence-electron chi connectivity index (χ3n) is 4.37. The molecule has 0 saturated heterocycles. The van der Waals surface area contributed by atoms with E-state index in [2.05, 4.69) is 15.6 Å². The molecule has 8 heteroatoms. The van der Waals surface area contributed by atoms with Gasteiger partial charge < -0.3 is 10.1 Å². The minimum atomic E-state index is -0.420. The summed E-state index contributed by atoms with van der Waals surface area (Å²) in [6.45, 7) is 0.0788. The summed E-state index contributed by atoms with van der Waals surface area (Å²) < 4.78 is 20.2. The largest absolute Gasteiger partial charge is 0.455 e. The summed E-state index contributed by atoms with van der Waals surface area (Å²) in [6.07, 6.45) is 0.0151. The van der Waals surface area contributed by atoms with E-state index in [9.17, 15) is 14.0 Å². The molecule has 4 aromatic rings. The molecule has 0 atom stereocenters. The maximum absolute atomic E-state index is 13.4. The van der Waals surface area contributed by atoms with Gasteiger partial charge in [-0.2, -0.15) is 0 Å². The second-order valence-corrected chi connectivity index (χ2v) is 6.49. The molecule has 0 aliphatic rings. The number of rotatable bonds is 6. The molecule has 3 aromatic carbocycles.